The van der Waals surface area contributed by atoms with E-state index >= 15 is 0 Å². The lowest BCUT2D eigenvalue weighted by Crippen LogP contribution is -1.99. The second kappa shape index (κ2) is 4.78. The second-order valence-electron chi connectivity index (χ2n) is 3.95. The Balaban J connectivity index is 0.00000120. The minimum Gasteiger partial charge on any atom is -0.537 e. The first-order chi connectivity index (χ1) is 8.29. The van der Waals surface area contributed by atoms with Crippen molar-refractivity contribution in [1.29, 1.82) is 0 Å². The fourth-order valence-corrected chi connectivity index (χ4v) is 2.06. The number of aryl methyl sites for hydroxylation is 1. The molecule has 5 heteroatoms. The molecule has 0 saturated heterocycles. The van der Waals surface area contributed by atoms with Crippen LogP contribution in [0.1, 0.15) is 5.56 Å². The standard InChI is InChI=1S/C13H10BO3.B/c1-8-5-6-9-12(7-8)16-10-3-2-4-11(13(9)10)17-14-15;/h2-7,15H,1H3;. The quantitative estimate of drug-likeness (QED) is 0.694. The van der Waals surface area contributed by atoms with Crippen LogP contribution in [0.25, 0.3) is 21.9 Å². The van der Waals surface area contributed by atoms with Crippen molar-refractivity contribution >= 4 is 38.0 Å². The molecule has 3 aromatic rings. The minimum atomic E-state index is 0. The van der Waals surface area contributed by atoms with Gasteiger partial charge in [0.2, 0.25) is 0 Å². The molecule has 1 heterocycles. The van der Waals surface area contributed by atoms with Gasteiger partial charge in [-0.3, -0.25) is 0 Å². The lowest BCUT2D eigenvalue weighted by Gasteiger charge is -2.02. The van der Waals surface area contributed by atoms with Crippen LogP contribution in [0, 0.1) is 6.92 Å². The molecule has 0 saturated carbocycles. The molecule has 4 radical (unpaired) electrons. The Bertz CT molecular complexity index is 691. The predicted octanol–water partition coefficient (Wildman–Crippen LogP) is 2.42. The van der Waals surface area contributed by atoms with Crippen molar-refractivity contribution < 1.29 is 14.1 Å². The lowest BCUT2D eigenvalue weighted by atomic mass is 10.1. The van der Waals surface area contributed by atoms with Crippen LogP contribution in [0.3, 0.4) is 0 Å². The summed E-state index contributed by atoms with van der Waals surface area (Å²) >= 11 is 0. The van der Waals surface area contributed by atoms with Gasteiger partial charge in [-0.25, -0.2) is 0 Å². The third kappa shape index (κ3) is 1.87. The first-order valence-corrected chi connectivity index (χ1v) is 5.34. The van der Waals surface area contributed by atoms with Crippen LogP contribution < -0.4 is 4.65 Å². The van der Waals surface area contributed by atoms with Gasteiger partial charge in [0.05, 0.1) is 5.39 Å². The number of hydrogen-bond donors (Lipinski definition) is 1. The Kier molecular flexibility index (Phi) is 3.34. The maximum absolute atomic E-state index is 8.76. The fourth-order valence-electron chi connectivity index (χ4n) is 2.06. The summed E-state index contributed by atoms with van der Waals surface area (Å²) in [6.45, 7) is 2.02. The minimum absolute atomic E-state index is 0. The number of furan rings is 1. The molecule has 3 nitrogen and oxygen atoms in total. The monoisotopic (exact) mass is 236 g/mol. The van der Waals surface area contributed by atoms with E-state index in [4.69, 9.17) is 14.1 Å². The molecule has 0 aliphatic rings. The summed E-state index contributed by atoms with van der Waals surface area (Å²) < 4.78 is 10.8. The van der Waals surface area contributed by atoms with Crippen molar-refractivity contribution in [3.05, 3.63) is 42.0 Å². The van der Waals surface area contributed by atoms with Crippen LogP contribution in [0.15, 0.2) is 40.8 Å². The summed E-state index contributed by atoms with van der Waals surface area (Å²) in [5.41, 5.74) is 2.73. The maximum Gasteiger partial charge on any atom is 0.569 e. The van der Waals surface area contributed by atoms with Crippen LogP contribution in [-0.2, 0) is 0 Å². The molecule has 2 aromatic carbocycles. The van der Waals surface area contributed by atoms with E-state index in [0.29, 0.717) is 13.4 Å². The van der Waals surface area contributed by atoms with Crippen LogP contribution in [0.2, 0.25) is 0 Å². The molecular formula is C13H10B2O3. The third-order valence-corrected chi connectivity index (χ3v) is 2.79. The highest BCUT2D eigenvalue weighted by Crippen LogP contribution is 2.35. The molecule has 0 unspecified atom stereocenters. The smallest absolute Gasteiger partial charge is 0.537 e. The largest absolute Gasteiger partial charge is 0.569 e. The van der Waals surface area contributed by atoms with Crippen LogP contribution in [0.4, 0.5) is 0 Å². The van der Waals surface area contributed by atoms with E-state index in [0.717, 1.165) is 27.5 Å². The van der Waals surface area contributed by atoms with Gasteiger partial charge < -0.3 is 14.1 Å². The summed E-state index contributed by atoms with van der Waals surface area (Å²) in [5.74, 6) is 0.590. The summed E-state index contributed by atoms with van der Waals surface area (Å²) in [7, 11) is 0.682. The van der Waals surface area contributed by atoms with Crippen molar-refractivity contribution in [2.75, 3.05) is 0 Å². The van der Waals surface area contributed by atoms with Crippen molar-refractivity contribution in [2.45, 2.75) is 6.92 Å². The highest BCUT2D eigenvalue weighted by Gasteiger charge is 2.11. The van der Waals surface area contributed by atoms with E-state index in [1.165, 1.54) is 0 Å². The summed E-state index contributed by atoms with van der Waals surface area (Å²) in [6.07, 6.45) is 0. The number of rotatable bonds is 2. The molecule has 0 aliphatic carbocycles. The molecule has 0 aliphatic heterocycles. The molecule has 86 valence electrons. The molecule has 0 bridgehead atoms. The zero-order chi connectivity index (χ0) is 11.8. The SMILES string of the molecule is Cc1ccc2c(c1)oc1cccc(O[B]O)c12.[B]. The molecular weight excluding hydrogens is 226 g/mol. The van der Waals surface area contributed by atoms with Gasteiger partial charge >= 0.3 is 7.69 Å². The first-order valence-electron chi connectivity index (χ1n) is 5.34. The van der Waals surface area contributed by atoms with Crippen LogP contribution >= 0.6 is 0 Å². The van der Waals surface area contributed by atoms with E-state index in [-0.39, 0.29) is 8.41 Å². The second-order valence-corrected chi connectivity index (χ2v) is 3.95. The van der Waals surface area contributed by atoms with Gasteiger partial charge in [-0.1, -0.05) is 18.2 Å². The highest BCUT2D eigenvalue weighted by atomic mass is 16.5. The Morgan fingerprint density at radius 1 is 1.17 bits per heavy atom. The molecule has 0 fully saturated rings. The van der Waals surface area contributed by atoms with Crippen molar-refractivity contribution in [3.63, 3.8) is 0 Å². The Labute approximate surface area is 107 Å². The van der Waals surface area contributed by atoms with E-state index in [2.05, 4.69) is 0 Å². The average Bonchev–Trinajstić information content (AvgIpc) is 2.67. The third-order valence-electron chi connectivity index (χ3n) is 2.79. The van der Waals surface area contributed by atoms with Gasteiger partial charge in [0.15, 0.2) is 0 Å². The Morgan fingerprint density at radius 2 is 2.00 bits per heavy atom. The van der Waals surface area contributed by atoms with Crippen LogP contribution in [0.5, 0.6) is 5.75 Å². The van der Waals surface area contributed by atoms with Crippen molar-refractivity contribution in [1.82, 2.24) is 0 Å². The number of hydrogen-bond acceptors (Lipinski definition) is 3. The van der Waals surface area contributed by atoms with Crippen LogP contribution in [-0.4, -0.2) is 21.1 Å². The topological polar surface area (TPSA) is 42.6 Å². The van der Waals surface area contributed by atoms with Gasteiger partial charge in [-0.15, -0.1) is 0 Å². The van der Waals surface area contributed by atoms with E-state index in [1.807, 2.05) is 37.3 Å². The average molecular weight is 236 g/mol. The highest BCUT2D eigenvalue weighted by molar-refractivity contribution is 6.19. The lowest BCUT2D eigenvalue weighted by molar-refractivity contribution is 0.456. The maximum atomic E-state index is 8.76. The molecule has 1 aromatic heterocycles. The van der Waals surface area contributed by atoms with E-state index in [1.54, 1.807) is 6.07 Å². The number of fused-ring (bicyclic) bond motifs is 3. The van der Waals surface area contributed by atoms with E-state index in [9.17, 15) is 0 Å². The fraction of sp³-hybridized carbons (Fsp3) is 0.0769. The molecule has 18 heavy (non-hydrogen) atoms. The molecule has 1 N–H and O–H groups in total. The summed E-state index contributed by atoms with van der Waals surface area (Å²) in [5, 5.41) is 10.6. The molecule has 0 amide bonds. The molecule has 3 rings (SSSR count). The summed E-state index contributed by atoms with van der Waals surface area (Å²) in [6, 6.07) is 11.5. The first kappa shape index (κ1) is 12.6. The normalized spacial score (nSPS) is 10.3. The van der Waals surface area contributed by atoms with Crippen molar-refractivity contribution in [2.24, 2.45) is 0 Å². The zero-order valence-electron chi connectivity index (χ0n) is 9.88. The predicted molar refractivity (Wildman–Crippen MR) is 72.8 cm³/mol. The van der Waals surface area contributed by atoms with Gasteiger partial charge in [-0.05, 0) is 30.7 Å². The van der Waals surface area contributed by atoms with Gasteiger partial charge in [0.25, 0.3) is 0 Å². The zero-order valence-corrected chi connectivity index (χ0v) is 9.88. The summed E-state index contributed by atoms with van der Waals surface area (Å²) in [4.78, 5) is 0. The van der Waals surface area contributed by atoms with Crippen molar-refractivity contribution in [3.8, 4) is 5.75 Å². The van der Waals surface area contributed by atoms with E-state index < -0.39 is 0 Å². The Hall–Kier alpha value is -1.87. The molecule has 0 atom stereocenters. The molecule has 0 spiro atoms. The van der Waals surface area contributed by atoms with Gasteiger partial charge in [0, 0.05) is 13.8 Å². The Morgan fingerprint density at radius 3 is 2.78 bits per heavy atom. The van der Waals surface area contributed by atoms with Gasteiger partial charge in [0.1, 0.15) is 16.9 Å². The van der Waals surface area contributed by atoms with Gasteiger partial charge in [-0.2, -0.15) is 0 Å². The number of benzene rings is 2.